The van der Waals surface area contributed by atoms with Gasteiger partial charge >= 0.3 is 6.03 Å². The molecule has 8 heteroatoms. The second-order valence-electron chi connectivity index (χ2n) is 6.81. The Morgan fingerprint density at radius 3 is 2.62 bits per heavy atom. The van der Waals surface area contributed by atoms with E-state index in [0.29, 0.717) is 39.4 Å². The molecule has 0 saturated heterocycles. The highest BCUT2D eigenvalue weighted by Gasteiger charge is 2.11. The maximum Gasteiger partial charge on any atom is 0.339 e. The van der Waals surface area contributed by atoms with Gasteiger partial charge in [-0.05, 0) is 71.2 Å². The van der Waals surface area contributed by atoms with Crippen LogP contribution >= 0.6 is 15.9 Å². The lowest BCUT2D eigenvalue weighted by atomic mass is 10.2. The van der Waals surface area contributed by atoms with Gasteiger partial charge in [-0.25, -0.2) is 14.6 Å². The van der Waals surface area contributed by atoms with E-state index in [4.69, 9.17) is 9.47 Å². The van der Waals surface area contributed by atoms with Crippen LogP contribution in [0.2, 0.25) is 0 Å². The summed E-state index contributed by atoms with van der Waals surface area (Å²) in [6, 6.07) is 16.7. The van der Waals surface area contributed by atoms with Crippen molar-refractivity contribution in [2.45, 2.75) is 20.5 Å². The Balaban J connectivity index is 1.67. The van der Waals surface area contributed by atoms with Crippen molar-refractivity contribution >= 4 is 33.9 Å². The van der Waals surface area contributed by atoms with Crippen LogP contribution in [-0.4, -0.2) is 18.9 Å². The number of benzene rings is 3. The maximum absolute atomic E-state index is 13.4. The van der Waals surface area contributed by atoms with Gasteiger partial charge in [-0.1, -0.05) is 30.3 Å². The predicted molar refractivity (Wildman–Crippen MR) is 127 cm³/mol. The number of halogens is 2. The second kappa shape index (κ2) is 11.3. The van der Waals surface area contributed by atoms with E-state index in [0.717, 1.165) is 5.56 Å². The Bertz CT molecular complexity index is 1120. The lowest BCUT2D eigenvalue weighted by Crippen LogP contribution is -2.24. The van der Waals surface area contributed by atoms with Gasteiger partial charge in [0.1, 0.15) is 12.4 Å². The van der Waals surface area contributed by atoms with Crippen molar-refractivity contribution in [2.24, 2.45) is 5.10 Å². The van der Waals surface area contributed by atoms with Gasteiger partial charge in [0.15, 0.2) is 11.5 Å². The number of anilines is 1. The number of amides is 2. The van der Waals surface area contributed by atoms with Gasteiger partial charge in [-0.15, -0.1) is 0 Å². The molecule has 0 aliphatic heterocycles. The molecule has 3 aromatic carbocycles. The summed E-state index contributed by atoms with van der Waals surface area (Å²) in [5, 5.41) is 6.75. The van der Waals surface area contributed by atoms with Crippen molar-refractivity contribution in [1.82, 2.24) is 5.43 Å². The number of rotatable bonds is 8. The minimum absolute atomic E-state index is 0.193. The number of urea groups is 1. The third kappa shape index (κ3) is 6.55. The number of hydrogen-bond donors (Lipinski definition) is 2. The fourth-order valence-corrected chi connectivity index (χ4v) is 3.27. The average molecular weight is 500 g/mol. The van der Waals surface area contributed by atoms with E-state index in [1.54, 1.807) is 24.3 Å². The summed E-state index contributed by atoms with van der Waals surface area (Å²) < 4.78 is 25.6. The Morgan fingerprint density at radius 1 is 1.09 bits per heavy atom. The van der Waals surface area contributed by atoms with Crippen molar-refractivity contribution in [3.05, 3.63) is 87.6 Å². The first-order chi connectivity index (χ1) is 15.5. The monoisotopic (exact) mass is 499 g/mol. The molecule has 0 heterocycles. The van der Waals surface area contributed by atoms with Crippen LogP contribution in [0.3, 0.4) is 0 Å². The number of hydrazone groups is 1. The van der Waals surface area contributed by atoms with Crippen LogP contribution in [0.1, 0.15) is 23.6 Å². The molecule has 0 saturated carbocycles. The number of nitrogens with one attached hydrogen (secondary N) is 2. The maximum atomic E-state index is 13.4. The molecule has 0 bridgehead atoms. The predicted octanol–water partition coefficient (Wildman–Crippen LogP) is 6.03. The number of nitrogens with zero attached hydrogens (tertiary/aromatic N) is 1. The molecule has 2 N–H and O–H groups in total. The van der Waals surface area contributed by atoms with Crippen molar-refractivity contribution < 1.29 is 18.7 Å². The minimum Gasteiger partial charge on any atom is -0.490 e. The molecule has 0 aliphatic carbocycles. The van der Waals surface area contributed by atoms with Crippen molar-refractivity contribution in [2.75, 3.05) is 11.9 Å². The van der Waals surface area contributed by atoms with E-state index in [1.807, 2.05) is 38.1 Å². The average Bonchev–Trinajstić information content (AvgIpc) is 2.76. The van der Waals surface area contributed by atoms with Gasteiger partial charge in [0, 0.05) is 15.7 Å². The molecule has 0 atom stereocenters. The first kappa shape index (κ1) is 23.3. The van der Waals surface area contributed by atoms with Crippen LogP contribution in [0.15, 0.2) is 70.2 Å². The Labute approximate surface area is 194 Å². The van der Waals surface area contributed by atoms with E-state index < -0.39 is 6.03 Å². The van der Waals surface area contributed by atoms with Crippen molar-refractivity contribution in [1.29, 1.82) is 0 Å². The number of ether oxygens (including phenoxy) is 2. The molecule has 3 aromatic rings. The third-order valence-corrected chi connectivity index (χ3v) is 5.10. The quantitative estimate of drug-likeness (QED) is 0.293. The lowest BCUT2D eigenvalue weighted by Gasteiger charge is -2.14. The number of carbonyl (C=O) groups is 1. The molecular weight excluding hydrogens is 477 g/mol. The number of aryl methyl sites for hydroxylation is 1. The first-order valence-corrected chi connectivity index (χ1v) is 10.7. The zero-order chi connectivity index (χ0) is 22.9. The van der Waals surface area contributed by atoms with Gasteiger partial charge in [0.05, 0.1) is 12.8 Å². The summed E-state index contributed by atoms with van der Waals surface area (Å²) >= 11 is 3.49. The van der Waals surface area contributed by atoms with Crippen molar-refractivity contribution in [3.8, 4) is 11.5 Å². The molecule has 3 rings (SSSR count). The van der Waals surface area contributed by atoms with Crippen LogP contribution in [0.25, 0.3) is 0 Å². The van der Waals surface area contributed by atoms with Gasteiger partial charge < -0.3 is 14.8 Å². The summed E-state index contributed by atoms with van der Waals surface area (Å²) in [6.07, 6.45) is 1.50. The molecule has 32 heavy (non-hydrogen) atoms. The van der Waals surface area contributed by atoms with Crippen LogP contribution in [0, 0.1) is 12.7 Å². The lowest BCUT2D eigenvalue weighted by molar-refractivity contribution is 0.252. The second-order valence-corrected chi connectivity index (χ2v) is 7.67. The normalized spacial score (nSPS) is 10.8. The van der Waals surface area contributed by atoms with Crippen LogP contribution in [0.4, 0.5) is 14.9 Å². The summed E-state index contributed by atoms with van der Waals surface area (Å²) in [7, 11) is 0. The van der Waals surface area contributed by atoms with Gasteiger partial charge in [-0.2, -0.15) is 5.10 Å². The molecular formula is C24H23BrFN3O3. The number of carbonyl (C=O) groups excluding carboxylic acids is 1. The SMILES string of the molecule is CCOc1cc(C=NNC(=O)Nc2ccccc2C)c(Br)cc1OCc1cccc(F)c1. The third-order valence-electron chi connectivity index (χ3n) is 4.41. The fourth-order valence-electron chi connectivity index (χ4n) is 2.84. The van der Waals surface area contributed by atoms with Crippen LogP contribution in [0.5, 0.6) is 11.5 Å². The molecule has 6 nitrogen and oxygen atoms in total. The highest BCUT2D eigenvalue weighted by atomic mass is 79.9. The summed E-state index contributed by atoms with van der Waals surface area (Å²) in [5.41, 5.74) is 5.49. The molecule has 0 aliphatic rings. The molecule has 0 aromatic heterocycles. The molecule has 0 fully saturated rings. The molecule has 2 amide bonds. The summed E-state index contributed by atoms with van der Waals surface area (Å²) in [5.74, 6) is 0.700. The first-order valence-electron chi connectivity index (χ1n) is 9.95. The number of para-hydroxylation sites is 1. The smallest absolute Gasteiger partial charge is 0.339 e. The molecule has 0 unspecified atom stereocenters. The van der Waals surface area contributed by atoms with E-state index in [-0.39, 0.29) is 12.4 Å². The zero-order valence-corrected chi connectivity index (χ0v) is 19.3. The molecule has 0 radical (unpaired) electrons. The standard InChI is InChI=1S/C24H23BrFN3O3/c1-3-31-22-12-18(14-27-29-24(30)28-21-10-5-4-7-16(21)2)20(25)13-23(22)32-15-17-8-6-9-19(26)11-17/h4-14H,3,15H2,1-2H3,(H2,28,29,30). The largest absolute Gasteiger partial charge is 0.490 e. The van der Waals surface area contributed by atoms with E-state index >= 15 is 0 Å². The molecule has 0 spiro atoms. The van der Waals surface area contributed by atoms with Crippen LogP contribution in [-0.2, 0) is 6.61 Å². The highest BCUT2D eigenvalue weighted by molar-refractivity contribution is 9.10. The zero-order valence-electron chi connectivity index (χ0n) is 17.7. The highest BCUT2D eigenvalue weighted by Crippen LogP contribution is 2.34. The summed E-state index contributed by atoms with van der Waals surface area (Å²) in [4.78, 5) is 12.1. The Kier molecular flexibility index (Phi) is 8.21. The molecule has 166 valence electrons. The van der Waals surface area contributed by atoms with E-state index in [2.05, 4.69) is 31.8 Å². The van der Waals surface area contributed by atoms with E-state index in [9.17, 15) is 9.18 Å². The fraction of sp³-hybridized carbons (Fsp3) is 0.167. The number of hydrogen-bond acceptors (Lipinski definition) is 4. The van der Waals surface area contributed by atoms with Gasteiger partial charge in [0.2, 0.25) is 0 Å². The van der Waals surface area contributed by atoms with Gasteiger partial charge in [-0.3, -0.25) is 0 Å². The topological polar surface area (TPSA) is 72.0 Å². The summed E-state index contributed by atoms with van der Waals surface area (Å²) in [6.45, 7) is 4.40. The minimum atomic E-state index is -0.452. The Morgan fingerprint density at radius 2 is 1.88 bits per heavy atom. The van der Waals surface area contributed by atoms with E-state index in [1.165, 1.54) is 18.3 Å². The van der Waals surface area contributed by atoms with Gasteiger partial charge in [0.25, 0.3) is 0 Å². The van der Waals surface area contributed by atoms with Crippen molar-refractivity contribution in [3.63, 3.8) is 0 Å². The Hall–Kier alpha value is -3.39. The van der Waals surface area contributed by atoms with Crippen LogP contribution < -0.4 is 20.2 Å².